The molecule has 0 spiro atoms. The first-order valence-electron chi connectivity index (χ1n) is 13.7. The molecule has 11 nitrogen and oxygen atoms in total. The van der Waals surface area contributed by atoms with Gasteiger partial charge in [-0.15, -0.1) is 13.2 Å². The summed E-state index contributed by atoms with van der Waals surface area (Å²) in [5.41, 5.74) is -0.925. The van der Waals surface area contributed by atoms with Gasteiger partial charge in [0.05, 0.1) is 12.1 Å². The van der Waals surface area contributed by atoms with Gasteiger partial charge in [-0.1, -0.05) is 18.2 Å². The first-order valence-corrected chi connectivity index (χ1v) is 13.7. The van der Waals surface area contributed by atoms with E-state index in [1.54, 1.807) is 19.9 Å². The number of aliphatic carboxylic acids is 2. The number of amides is 1. The zero-order valence-corrected chi connectivity index (χ0v) is 24.8. The summed E-state index contributed by atoms with van der Waals surface area (Å²) in [5, 5.41) is 35.7. The lowest BCUT2D eigenvalue weighted by atomic mass is 9.93. The summed E-state index contributed by atoms with van der Waals surface area (Å²) in [4.78, 5) is 38.0. The van der Waals surface area contributed by atoms with Crippen LogP contribution in [0, 0.1) is 5.82 Å². The van der Waals surface area contributed by atoms with Gasteiger partial charge in [-0.25, -0.2) is 14.0 Å². The van der Waals surface area contributed by atoms with Gasteiger partial charge in [0.2, 0.25) is 5.91 Å². The molecule has 1 aromatic heterocycles. The molecule has 3 aromatic rings. The Labute approximate surface area is 267 Å². The highest BCUT2D eigenvalue weighted by Crippen LogP contribution is 2.40. The van der Waals surface area contributed by atoms with E-state index in [2.05, 4.69) is 15.0 Å². The molecule has 18 heteroatoms. The van der Waals surface area contributed by atoms with Gasteiger partial charge in [-0.2, -0.15) is 13.2 Å². The van der Waals surface area contributed by atoms with Crippen LogP contribution in [0.2, 0.25) is 0 Å². The normalized spacial score (nSPS) is 18.1. The van der Waals surface area contributed by atoms with Crippen LogP contribution in [-0.4, -0.2) is 67.9 Å². The van der Waals surface area contributed by atoms with Crippen LogP contribution in [-0.2, 0) is 26.1 Å². The maximum absolute atomic E-state index is 14.0. The number of ether oxygens (including phenoxy) is 1. The van der Waals surface area contributed by atoms with Crippen molar-refractivity contribution in [3.8, 4) is 5.75 Å². The molecule has 0 saturated carbocycles. The minimum absolute atomic E-state index is 0.153. The van der Waals surface area contributed by atoms with Crippen LogP contribution in [0.1, 0.15) is 43.1 Å². The van der Waals surface area contributed by atoms with Crippen LogP contribution in [0.4, 0.5) is 36.4 Å². The van der Waals surface area contributed by atoms with E-state index in [0.29, 0.717) is 11.1 Å². The Morgan fingerprint density at radius 2 is 1.52 bits per heavy atom. The van der Waals surface area contributed by atoms with Gasteiger partial charge in [0, 0.05) is 17.4 Å². The molecular weight excluding hydrogens is 663 g/mol. The molecule has 4 atom stereocenters. The van der Waals surface area contributed by atoms with E-state index in [0.717, 1.165) is 24.4 Å². The molecule has 0 bridgehead atoms. The number of halogens is 7. The highest BCUT2D eigenvalue weighted by atomic mass is 19.4. The van der Waals surface area contributed by atoms with Crippen molar-refractivity contribution in [2.24, 2.45) is 0 Å². The highest BCUT2D eigenvalue weighted by Gasteiger charge is 2.44. The fourth-order valence-corrected chi connectivity index (χ4v) is 4.71. The molecule has 0 unspecified atom stereocenters. The molecular formula is C30H28F7N3O8. The molecule has 5 N–H and O–H groups in total. The third-order valence-corrected chi connectivity index (χ3v) is 7.00. The summed E-state index contributed by atoms with van der Waals surface area (Å²) in [6.07, 6.45) is -12.8. The fourth-order valence-electron chi connectivity index (χ4n) is 4.71. The Kier molecular flexibility index (Phi) is 11.4. The summed E-state index contributed by atoms with van der Waals surface area (Å²) in [7, 11) is 0. The van der Waals surface area contributed by atoms with Crippen LogP contribution in [0.25, 0.3) is 0 Å². The Bertz CT molecular complexity index is 1580. The number of alkyl halides is 6. The number of hydrogen-bond donors (Lipinski definition) is 5. The maximum Gasteiger partial charge on any atom is 0.573 e. The zero-order chi connectivity index (χ0) is 36.2. The second kappa shape index (κ2) is 14.5. The number of aliphatic hydroxyl groups excluding tert-OH is 2. The van der Waals surface area contributed by atoms with Gasteiger partial charge in [-0.3, -0.25) is 15.1 Å². The quantitative estimate of drug-likeness (QED) is 0.203. The molecule has 1 amide bonds. The van der Waals surface area contributed by atoms with E-state index in [1.807, 2.05) is 0 Å². The van der Waals surface area contributed by atoms with Crippen LogP contribution >= 0.6 is 0 Å². The molecule has 4 rings (SSSR count). The van der Waals surface area contributed by atoms with E-state index in [1.165, 1.54) is 41.3 Å². The average molecular weight is 692 g/mol. The van der Waals surface area contributed by atoms with E-state index < -0.39 is 77.5 Å². The zero-order valence-electron chi connectivity index (χ0n) is 24.8. The molecule has 0 aliphatic carbocycles. The van der Waals surface area contributed by atoms with Crippen molar-refractivity contribution in [1.82, 2.24) is 10.3 Å². The Morgan fingerprint density at radius 3 is 1.98 bits per heavy atom. The number of benzene rings is 2. The Hall–Kier alpha value is -4.81. The van der Waals surface area contributed by atoms with Crippen molar-refractivity contribution >= 4 is 23.5 Å². The monoisotopic (exact) mass is 691 g/mol. The predicted molar refractivity (Wildman–Crippen MR) is 151 cm³/mol. The third kappa shape index (κ3) is 9.61. The SMILES string of the molecule is CC(C)(N[C@H]1C[C@H](c2cccc(F)c2)N(c2ccc(OC(F)(F)F)cc2)C1=O)c1ccc(C(F)(F)F)nc1.O=C(O)[C@H](O)[C@@H](O)C(=O)O. The molecule has 0 radical (unpaired) electrons. The molecule has 2 heterocycles. The van der Waals surface area contributed by atoms with Gasteiger partial charge >= 0.3 is 24.5 Å². The number of carboxylic acids is 2. The number of aromatic nitrogens is 1. The second-order valence-electron chi connectivity index (χ2n) is 10.9. The second-order valence-corrected chi connectivity index (χ2v) is 10.9. The lowest BCUT2D eigenvalue weighted by Gasteiger charge is -2.30. The molecule has 1 aliphatic heterocycles. The standard InChI is InChI=1S/C26H22F7N3O2.C4H6O6/c1-24(2,16-6-11-22(34-14-16)25(28,29)30)35-20-13-21(15-4-3-5-17(27)12-15)36(23(20)37)18-7-9-19(10-8-18)38-26(31,32)33;5-1(3(7)8)2(6)4(9)10/h3-12,14,20-21,35H,13H2,1-2H3;1-2,5-6H,(H,7,8)(H,9,10)/t20-,21+;1-,2-/m01/s1. The number of hydrogen-bond acceptors (Lipinski definition) is 8. The van der Waals surface area contributed by atoms with Gasteiger partial charge in [0.15, 0.2) is 12.2 Å². The number of anilines is 1. The first-order chi connectivity index (χ1) is 22.1. The lowest BCUT2D eigenvalue weighted by molar-refractivity contribution is -0.274. The molecule has 1 saturated heterocycles. The molecule has 2 aromatic carbocycles. The minimum Gasteiger partial charge on any atom is -0.479 e. The summed E-state index contributed by atoms with van der Waals surface area (Å²) >= 11 is 0. The number of carbonyl (C=O) groups is 3. The van der Waals surface area contributed by atoms with Crippen LogP contribution in [0.15, 0.2) is 66.9 Å². The number of carboxylic acid groups (broad SMARTS) is 2. The van der Waals surface area contributed by atoms with Gasteiger partial charge in [-0.05, 0) is 73.9 Å². The van der Waals surface area contributed by atoms with Gasteiger partial charge < -0.3 is 30.1 Å². The largest absolute Gasteiger partial charge is 0.573 e. The van der Waals surface area contributed by atoms with E-state index in [4.69, 9.17) is 20.4 Å². The number of nitrogens with zero attached hydrogens (tertiary/aromatic N) is 2. The maximum atomic E-state index is 14.0. The van der Waals surface area contributed by atoms with Crippen molar-refractivity contribution in [3.05, 3.63) is 89.5 Å². The molecule has 260 valence electrons. The number of pyridine rings is 1. The average Bonchev–Trinajstić information content (AvgIpc) is 3.30. The highest BCUT2D eigenvalue weighted by molar-refractivity contribution is 6.00. The number of nitrogens with one attached hydrogen (secondary N) is 1. The Morgan fingerprint density at radius 1 is 0.938 bits per heavy atom. The van der Waals surface area contributed by atoms with E-state index in [9.17, 15) is 45.1 Å². The van der Waals surface area contributed by atoms with Crippen molar-refractivity contribution < 1.29 is 70.3 Å². The Balaban J connectivity index is 0.000000542. The van der Waals surface area contributed by atoms with Gasteiger partial charge in [0.25, 0.3) is 0 Å². The number of aliphatic hydroxyl groups is 2. The van der Waals surface area contributed by atoms with E-state index >= 15 is 0 Å². The van der Waals surface area contributed by atoms with Crippen molar-refractivity contribution in [2.75, 3.05) is 4.90 Å². The summed E-state index contributed by atoms with van der Waals surface area (Å²) in [6.45, 7) is 3.35. The predicted octanol–water partition coefficient (Wildman–Crippen LogP) is 4.39. The lowest BCUT2D eigenvalue weighted by Crippen LogP contribution is -2.47. The topological polar surface area (TPSA) is 170 Å². The van der Waals surface area contributed by atoms with Crippen LogP contribution < -0.4 is 15.0 Å². The summed E-state index contributed by atoms with van der Waals surface area (Å²) in [5.74, 6) is -4.99. The van der Waals surface area contributed by atoms with Gasteiger partial charge in [0.1, 0.15) is 17.3 Å². The first kappa shape index (κ1) is 37.6. The smallest absolute Gasteiger partial charge is 0.479 e. The fraction of sp³-hybridized carbons (Fsp3) is 0.333. The summed E-state index contributed by atoms with van der Waals surface area (Å²) < 4.78 is 94.4. The van der Waals surface area contributed by atoms with Crippen molar-refractivity contribution in [3.63, 3.8) is 0 Å². The van der Waals surface area contributed by atoms with Crippen LogP contribution in [0.3, 0.4) is 0 Å². The van der Waals surface area contributed by atoms with Crippen molar-refractivity contribution in [1.29, 1.82) is 0 Å². The van der Waals surface area contributed by atoms with Crippen molar-refractivity contribution in [2.45, 2.75) is 62.6 Å². The number of carbonyl (C=O) groups excluding carboxylic acids is 1. The minimum atomic E-state index is -4.89. The molecule has 1 aliphatic rings. The van der Waals surface area contributed by atoms with Crippen LogP contribution in [0.5, 0.6) is 5.75 Å². The molecule has 48 heavy (non-hydrogen) atoms. The molecule has 1 fully saturated rings. The summed E-state index contributed by atoms with van der Waals surface area (Å²) in [6, 6.07) is 10.9. The third-order valence-electron chi connectivity index (χ3n) is 7.00. The van der Waals surface area contributed by atoms with E-state index in [-0.39, 0.29) is 12.1 Å². The number of rotatable bonds is 9.